The van der Waals surface area contributed by atoms with Gasteiger partial charge in [-0.2, -0.15) is 0 Å². The lowest BCUT2D eigenvalue weighted by Crippen LogP contribution is -2.29. The number of rotatable bonds is 8. The number of hydrogen-bond acceptors (Lipinski definition) is 2. The summed E-state index contributed by atoms with van der Waals surface area (Å²) in [6.45, 7) is 2.18. The average Bonchev–Trinajstić information content (AvgIpc) is 2.10. The number of halogens is 1. The predicted molar refractivity (Wildman–Crippen MR) is 60.9 cm³/mol. The molecular formula is C10H22ClNO2. The Morgan fingerprint density at radius 2 is 1.71 bits per heavy atom. The first kappa shape index (κ1) is 16.2. The molecule has 0 rings (SSSR count). The van der Waals surface area contributed by atoms with Gasteiger partial charge in [0.05, 0.1) is 0 Å². The van der Waals surface area contributed by atoms with Gasteiger partial charge in [0.15, 0.2) is 0 Å². The Kier molecular flexibility index (Phi) is 12.5. The van der Waals surface area contributed by atoms with Gasteiger partial charge in [-0.15, -0.1) is 12.4 Å². The van der Waals surface area contributed by atoms with Crippen molar-refractivity contribution in [3.63, 3.8) is 0 Å². The van der Waals surface area contributed by atoms with Crippen LogP contribution in [0.3, 0.4) is 0 Å². The third kappa shape index (κ3) is 9.81. The van der Waals surface area contributed by atoms with Crippen LogP contribution < -0.4 is 5.73 Å². The van der Waals surface area contributed by atoms with Gasteiger partial charge in [-0.25, -0.2) is 0 Å². The molecule has 3 N–H and O–H groups in total. The van der Waals surface area contributed by atoms with Gasteiger partial charge in [0.1, 0.15) is 6.04 Å². The number of carboxylic acids is 1. The number of unbranched alkanes of at least 4 members (excludes halogenated alkanes) is 5. The number of hydrogen-bond donors (Lipinski definition) is 2. The SMILES string of the molecule is CCCCCCCCC(N)C(=O)O.Cl. The van der Waals surface area contributed by atoms with Crippen LogP contribution in [0.4, 0.5) is 0 Å². The second-order valence-electron chi connectivity index (χ2n) is 3.50. The molecule has 0 saturated carbocycles. The summed E-state index contributed by atoms with van der Waals surface area (Å²) in [6.07, 6.45) is 7.66. The van der Waals surface area contributed by atoms with Crippen molar-refractivity contribution in [1.82, 2.24) is 0 Å². The van der Waals surface area contributed by atoms with Crippen LogP contribution in [0.2, 0.25) is 0 Å². The molecule has 0 spiro atoms. The van der Waals surface area contributed by atoms with Gasteiger partial charge >= 0.3 is 5.97 Å². The molecule has 86 valence electrons. The largest absolute Gasteiger partial charge is 0.480 e. The van der Waals surface area contributed by atoms with Crippen molar-refractivity contribution in [1.29, 1.82) is 0 Å². The Bertz CT molecular complexity index is 142. The summed E-state index contributed by atoms with van der Waals surface area (Å²) in [6, 6.07) is -0.661. The van der Waals surface area contributed by atoms with Gasteiger partial charge < -0.3 is 10.8 Å². The van der Waals surface area contributed by atoms with E-state index in [0.29, 0.717) is 6.42 Å². The van der Waals surface area contributed by atoms with Crippen LogP contribution in [0, 0.1) is 0 Å². The Hall–Kier alpha value is -0.280. The van der Waals surface area contributed by atoms with E-state index in [1.54, 1.807) is 0 Å². The lowest BCUT2D eigenvalue weighted by molar-refractivity contribution is -0.138. The summed E-state index contributed by atoms with van der Waals surface area (Å²) >= 11 is 0. The Morgan fingerprint density at radius 1 is 1.21 bits per heavy atom. The van der Waals surface area contributed by atoms with Gasteiger partial charge in [-0.05, 0) is 6.42 Å². The Morgan fingerprint density at radius 3 is 2.21 bits per heavy atom. The van der Waals surface area contributed by atoms with Crippen LogP contribution in [-0.2, 0) is 4.79 Å². The molecule has 0 radical (unpaired) electrons. The lowest BCUT2D eigenvalue weighted by Gasteiger charge is -2.05. The summed E-state index contributed by atoms with van der Waals surface area (Å²) in [5.41, 5.74) is 5.36. The van der Waals surface area contributed by atoms with E-state index < -0.39 is 12.0 Å². The van der Waals surface area contributed by atoms with Crippen molar-refractivity contribution in [2.45, 2.75) is 57.9 Å². The average molecular weight is 224 g/mol. The topological polar surface area (TPSA) is 63.3 Å². The third-order valence-electron chi connectivity index (χ3n) is 2.19. The fourth-order valence-electron chi connectivity index (χ4n) is 1.27. The van der Waals surface area contributed by atoms with Crippen LogP contribution in [0.15, 0.2) is 0 Å². The van der Waals surface area contributed by atoms with Crippen LogP contribution >= 0.6 is 12.4 Å². The van der Waals surface area contributed by atoms with Crippen LogP contribution in [-0.4, -0.2) is 17.1 Å². The van der Waals surface area contributed by atoms with E-state index in [2.05, 4.69) is 6.92 Å². The van der Waals surface area contributed by atoms with Crippen molar-refractivity contribution in [3.05, 3.63) is 0 Å². The monoisotopic (exact) mass is 223 g/mol. The van der Waals surface area contributed by atoms with Gasteiger partial charge in [-0.1, -0.05) is 45.4 Å². The maximum atomic E-state index is 10.3. The minimum absolute atomic E-state index is 0. The molecule has 0 bridgehead atoms. The third-order valence-corrected chi connectivity index (χ3v) is 2.19. The highest BCUT2D eigenvalue weighted by molar-refractivity contribution is 5.85. The van der Waals surface area contributed by atoms with E-state index in [1.165, 1.54) is 25.7 Å². The molecular weight excluding hydrogens is 202 g/mol. The number of carbonyl (C=O) groups is 1. The maximum absolute atomic E-state index is 10.3. The first-order valence-electron chi connectivity index (χ1n) is 5.17. The predicted octanol–water partition coefficient (Wildman–Crippen LogP) is 2.57. The highest BCUT2D eigenvalue weighted by atomic mass is 35.5. The van der Waals surface area contributed by atoms with Crippen LogP contribution in [0.25, 0.3) is 0 Å². The van der Waals surface area contributed by atoms with E-state index in [-0.39, 0.29) is 12.4 Å². The van der Waals surface area contributed by atoms with Gasteiger partial charge in [0.2, 0.25) is 0 Å². The zero-order chi connectivity index (χ0) is 10.1. The standard InChI is InChI=1S/C10H21NO2.ClH/c1-2-3-4-5-6-7-8-9(11)10(12)13;/h9H,2-8,11H2,1H3,(H,12,13);1H. The number of aliphatic carboxylic acids is 1. The second-order valence-corrected chi connectivity index (χ2v) is 3.50. The molecule has 0 aliphatic carbocycles. The summed E-state index contributed by atoms with van der Waals surface area (Å²) in [5, 5.41) is 8.50. The highest BCUT2D eigenvalue weighted by Gasteiger charge is 2.09. The van der Waals surface area contributed by atoms with Crippen LogP contribution in [0.5, 0.6) is 0 Å². The molecule has 0 amide bonds. The highest BCUT2D eigenvalue weighted by Crippen LogP contribution is 2.07. The Labute approximate surface area is 92.5 Å². The van der Waals surface area contributed by atoms with Gasteiger partial charge in [-0.3, -0.25) is 4.79 Å². The molecule has 1 atom stereocenters. The fourth-order valence-corrected chi connectivity index (χ4v) is 1.27. The van der Waals surface area contributed by atoms with Crippen molar-refractivity contribution in [2.75, 3.05) is 0 Å². The normalized spacial score (nSPS) is 11.9. The molecule has 0 saturated heterocycles. The maximum Gasteiger partial charge on any atom is 0.320 e. The molecule has 0 aromatic heterocycles. The van der Waals surface area contributed by atoms with E-state index >= 15 is 0 Å². The molecule has 0 heterocycles. The molecule has 1 unspecified atom stereocenters. The lowest BCUT2D eigenvalue weighted by atomic mass is 10.1. The second kappa shape index (κ2) is 10.8. The molecule has 0 aliphatic heterocycles. The minimum Gasteiger partial charge on any atom is -0.480 e. The summed E-state index contributed by atoms with van der Waals surface area (Å²) in [4.78, 5) is 10.3. The van der Waals surface area contributed by atoms with Gasteiger partial charge in [0, 0.05) is 0 Å². The fraction of sp³-hybridized carbons (Fsp3) is 0.900. The summed E-state index contributed by atoms with van der Waals surface area (Å²) in [5.74, 6) is -0.881. The summed E-state index contributed by atoms with van der Waals surface area (Å²) < 4.78 is 0. The molecule has 4 heteroatoms. The zero-order valence-electron chi connectivity index (χ0n) is 8.87. The first-order chi connectivity index (χ1) is 6.18. The zero-order valence-corrected chi connectivity index (χ0v) is 9.68. The van der Waals surface area contributed by atoms with E-state index in [4.69, 9.17) is 10.8 Å². The molecule has 14 heavy (non-hydrogen) atoms. The molecule has 3 nitrogen and oxygen atoms in total. The Balaban J connectivity index is 0. The molecule has 0 fully saturated rings. The van der Waals surface area contributed by atoms with Crippen molar-refractivity contribution in [2.24, 2.45) is 5.73 Å². The van der Waals surface area contributed by atoms with E-state index in [1.807, 2.05) is 0 Å². The van der Waals surface area contributed by atoms with Crippen molar-refractivity contribution < 1.29 is 9.90 Å². The van der Waals surface area contributed by atoms with E-state index in [0.717, 1.165) is 12.8 Å². The van der Waals surface area contributed by atoms with E-state index in [9.17, 15) is 4.79 Å². The first-order valence-corrected chi connectivity index (χ1v) is 5.17. The molecule has 0 aromatic carbocycles. The molecule has 0 aliphatic rings. The number of carboxylic acid groups (broad SMARTS) is 1. The van der Waals surface area contributed by atoms with Crippen molar-refractivity contribution in [3.8, 4) is 0 Å². The quantitative estimate of drug-likeness (QED) is 0.622. The van der Waals surface area contributed by atoms with Gasteiger partial charge in [0.25, 0.3) is 0 Å². The summed E-state index contributed by atoms with van der Waals surface area (Å²) in [7, 11) is 0. The van der Waals surface area contributed by atoms with Crippen molar-refractivity contribution >= 4 is 18.4 Å². The smallest absolute Gasteiger partial charge is 0.320 e. The molecule has 0 aromatic rings. The minimum atomic E-state index is -0.881. The van der Waals surface area contributed by atoms with Crippen LogP contribution in [0.1, 0.15) is 51.9 Å². The number of nitrogens with two attached hydrogens (primary N) is 1.